The van der Waals surface area contributed by atoms with Crippen LogP contribution in [0.15, 0.2) is 322 Å². The zero-order valence-corrected chi connectivity index (χ0v) is 57.9. The lowest BCUT2D eigenvalue weighted by Gasteiger charge is -2.11. The van der Waals surface area contributed by atoms with Crippen LogP contribution in [0.25, 0.3) is 193 Å². The van der Waals surface area contributed by atoms with Crippen molar-refractivity contribution in [3.8, 4) is 61.8 Å². The molecule has 0 aliphatic rings. The lowest BCUT2D eigenvalue weighted by atomic mass is 10.0. The highest BCUT2D eigenvalue weighted by atomic mass is 127. The summed E-state index contributed by atoms with van der Waals surface area (Å²) in [6, 6.07) is 120. The smallest absolute Gasteiger partial charge is 0.0646 e. The standard InChI is InChI=1S/C91H56I2N6/c1-55-16-14-22-66(44-55)98-87-50-61(31-40-72(87)77-52-88-76(51-90(77)98)70-26-10-12-28-81(70)94(88)63-18-4-2-5-19-63)60-32-41-73-78-54-91-79(53-89(78)96(86(73)49-60)64-20-6-3-7-21-64)75-47-57(34-43-84(75)99(91)93)56-17-15-23-67(45-56)97-82-29-13-9-25-69(82)74-46-58(33-42-83(74)97)59-30-39-71-68-24-8-11-27-80(68)95(85(71)48-59)65-37-35-62(92)36-38-65/h2-54H,1H3. The second-order valence-electron chi connectivity index (χ2n) is 26.5. The van der Waals surface area contributed by atoms with Crippen LogP contribution in [0.3, 0.4) is 0 Å². The molecule has 0 saturated heterocycles. The van der Waals surface area contributed by atoms with E-state index in [-0.39, 0.29) is 0 Å². The molecule has 0 unspecified atom stereocenters. The summed E-state index contributed by atoms with van der Waals surface area (Å²) in [6.07, 6.45) is 0. The van der Waals surface area contributed by atoms with E-state index in [0.29, 0.717) is 0 Å². The van der Waals surface area contributed by atoms with Crippen LogP contribution in [0.1, 0.15) is 5.56 Å². The quantitative estimate of drug-likeness (QED) is 0.136. The number of rotatable bonds is 8. The fourth-order valence-corrected chi connectivity index (χ4v) is 17.7. The number of aryl methyl sites for hydroxylation is 1. The first-order valence-electron chi connectivity index (χ1n) is 33.7. The first-order chi connectivity index (χ1) is 48.8. The number of para-hydroxylation sites is 5. The van der Waals surface area contributed by atoms with Gasteiger partial charge in [-0.2, -0.15) is 0 Å². The molecule has 0 atom stereocenters. The van der Waals surface area contributed by atoms with Gasteiger partial charge in [0.25, 0.3) is 0 Å². The zero-order valence-electron chi connectivity index (χ0n) is 53.5. The number of nitrogens with zero attached hydrogens (tertiary/aromatic N) is 6. The van der Waals surface area contributed by atoms with Crippen LogP contribution in [0.5, 0.6) is 0 Å². The molecule has 6 nitrogen and oxygen atoms in total. The molecular formula is C91H56I2N6. The molecule has 21 rings (SSSR count). The van der Waals surface area contributed by atoms with Gasteiger partial charge in [-0.05, 0) is 226 Å². The van der Waals surface area contributed by atoms with Gasteiger partial charge in [0, 0.05) is 96.6 Å². The van der Waals surface area contributed by atoms with Gasteiger partial charge < -0.3 is 22.8 Å². The number of benzene rings is 15. The number of halogens is 2. The topological polar surface area (TPSA) is 29.6 Å². The molecule has 0 radical (unpaired) electrons. The second kappa shape index (κ2) is 21.8. The maximum atomic E-state index is 2.52. The molecule has 0 aliphatic carbocycles. The predicted molar refractivity (Wildman–Crippen MR) is 434 cm³/mol. The monoisotopic (exact) mass is 1490 g/mol. The van der Waals surface area contributed by atoms with Crippen molar-refractivity contribution in [2.45, 2.75) is 6.92 Å². The Labute approximate surface area is 596 Å². The van der Waals surface area contributed by atoms with Gasteiger partial charge in [-0.3, -0.25) is 2.78 Å². The molecule has 0 bridgehead atoms. The molecule has 0 amide bonds. The molecular weight excluding hydrogens is 1430 g/mol. The highest BCUT2D eigenvalue weighted by molar-refractivity contribution is 14.1. The van der Waals surface area contributed by atoms with Crippen LogP contribution >= 0.6 is 45.5 Å². The molecule has 464 valence electrons. The minimum Gasteiger partial charge on any atom is -0.309 e. The first kappa shape index (κ1) is 56.7. The fourth-order valence-electron chi connectivity index (χ4n) is 16.5. The van der Waals surface area contributed by atoms with Gasteiger partial charge in [-0.1, -0.05) is 164 Å². The van der Waals surface area contributed by atoms with Crippen LogP contribution in [0.4, 0.5) is 0 Å². The minimum atomic E-state index is 1.12. The van der Waals surface area contributed by atoms with Crippen LogP contribution in [-0.4, -0.2) is 25.6 Å². The molecule has 0 aliphatic heterocycles. The lowest BCUT2D eigenvalue weighted by Crippen LogP contribution is -1.95. The van der Waals surface area contributed by atoms with Gasteiger partial charge >= 0.3 is 0 Å². The largest absolute Gasteiger partial charge is 0.309 e. The van der Waals surface area contributed by atoms with E-state index in [0.717, 1.165) is 45.1 Å². The summed E-state index contributed by atoms with van der Waals surface area (Å²) in [7, 11) is 0. The molecule has 99 heavy (non-hydrogen) atoms. The summed E-state index contributed by atoms with van der Waals surface area (Å²) in [5.74, 6) is 0. The summed E-state index contributed by atoms with van der Waals surface area (Å²) in [4.78, 5) is 0. The first-order valence-corrected chi connectivity index (χ1v) is 35.7. The lowest BCUT2D eigenvalue weighted by molar-refractivity contribution is 1.17. The predicted octanol–water partition coefficient (Wildman–Crippen LogP) is 25.4. The van der Waals surface area contributed by atoms with Crippen LogP contribution in [-0.2, 0) is 0 Å². The molecule has 0 fully saturated rings. The molecule has 0 N–H and O–H groups in total. The highest BCUT2D eigenvalue weighted by Gasteiger charge is 2.24. The van der Waals surface area contributed by atoms with Gasteiger partial charge in [0.05, 0.1) is 89.1 Å². The molecule has 6 heterocycles. The third kappa shape index (κ3) is 8.58. The minimum absolute atomic E-state index is 1.12. The molecule has 15 aromatic carbocycles. The Bertz CT molecular complexity index is 7000. The average Bonchev–Trinajstić information content (AvgIpc) is 1.57. The van der Waals surface area contributed by atoms with Gasteiger partial charge in [-0.25, -0.2) is 0 Å². The fraction of sp³-hybridized carbons (Fsp3) is 0.0110. The maximum absolute atomic E-state index is 2.52. The SMILES string of the molecule is Cc1cccc(-n2c3cc(-c4ccc5c6cc7c(cc6n(-c6ccccc6)c5c4)c4cc(-c5cccc(-n6c8ccccc8c8cc(-c9ccc%10c%11ccccc%11n(-c%11ccc(I)cc%11)c%10c9)ccc86)c5)ccc4n7I)ccc3c3cc4c(cc32)c2ccccc2n4-c2ccccc2)c1. The molecule has 8 heteroatoms. The third-order valence-corrected chi connectivity index (χ3v) is 22.7. The average molecular weight is 1490 g/mol. The van der Waals surface area contributed by atoms with Gasteiger partial charge in [-0.15, -0.1) is 0 Å². The van der Waals surface area contributed by atoms with Crippen molar-refractivity contribution in [2.75, 3.05) is 0 Å². The van der Waals surface area contributed by atoms with E-state index in [1.165, 1.54) is 157 Å². The second-order valence-corrected chi connectivity index (χ2v) is 28.7. The Morgan fingerprint density at radius 1 is 0.192 bits per heavy atom. The summed E-state index contributed by atoms with van der Waals surface area (Å²) in [5.41, 5.74) is 28.2. The van der Waals surface area contributed by atoms with E-state index < -0.39 is 0 Å². The number of aromatic nitrogens is 6. The number of hydrogen-bond acceptors (Lipinski definition) is 0. The molecule has 6 aromatic heterocycles. The van der Waals surface area contributed by atoms with E-state index >= 15 is 0 Å². The van der Waals surface area contributed by atoms with Crippen molar-refractivity contribution in [1.29, 1.82) is 0 Å². The maximum Gasteiger partial charge on any atom is 0.0646 e. The van der Waals surface area contributed by atoms with Crippen LogP contribution in [0.2, 0.25) is 0 Å². The van der Waals surface area contributed by atoms with E-state index in [1.54, 1.807) is 0 Å². The zero-order chi connectivity index (χ0) is 65.3. The normalized spacial score (nSPS) is 12.2. The Kier molecular flexibility index (Phi) is 12.5. The van der Waals surface area contributed by atoms with Gasteiger partial charge in [0.15, 0.2) is 0 Å². The Hall–Kier alpha value is -11.4. The van der Waals surface area contributed by atoms with Crippen LogP contribution in [0, 0.1) is 10.5 Å². The van der Waals surface area contributed by atoms with Crippen molar-refractivity contribution in [2.24, 2.45) is 0 Å². The Balaban J connectivity index is 0.683. The number of hydrogen-bond donors (Lipinski definition) is 0. The molecule has 0 saturated carbocycles. The Morgan fingerprint density at radius 2 is 0.505 bits per heavy atom. The third-order valence-electron chi connectivity index (χ3n) is 21.0. The van der Waals surface area contributed by atoms with Crippen molar-refractivity contribution >= 4 is 176 Å². The van der Waals surface area contributed by atoms with Crippen molar-refractivity contribution in [1.82, 2.24) is 25.6 Å². The summed E-state index contributed by atoms with van der Waals surface area (Å²) < 4.78 is 15.8. The van der Waals surface area contributed by atoms with E-state index in [1.807, 2.05) is 0 Å². The van der Waals surface area contributed by atoms with Crippen molar-refractivity contribution < 1.29 is 0 Å². The number of fused-ring (bicyclic) bond motifs is 18. The summed E-state index contributed by atoms with van der Waals surface area (Å²) in [5, 5.41) is 14.8. The molecule has 21 aromatic rings. The van der Waals surface area contributed by atoms with E-state index in [4.69, 9.17) is 0 Å². The van der Waals surface area contributed by atoms with E-state index in [2.05, 4.69) is 400 Å². The van der Waals surface area contributed by atoms with Crippen molar-refractivity contribution in [3.05, 3.63) is 331 Å². The highest BCUT2D eigenvalue weighted by Crippen LogP contribution is 2.46. The van der Waals surface area contributed by atoms with Gasteiger partial charge in [0.2, 0.25) is 0 Å². The van der Waals surface area contributed by atoms with E-state index in [9.17, 15) is 0 Å². The van der Waals surface area contributed by atoms with Crippen LogP contribution < -0.4 is 0 Å². The molecule has 0 spiro atoms. The Morgan fingerprint density at radius 3 is 1.03 bits per heavy atom. The summed E-state index contributed by atoms with van der Waals surface area (Å²) >= 11 is 4.92. The van der Waals surface area contributed by atoms with Gasteiger partial charge in [0.1, 0.15) is 0 Å². The summed E-state index contributed by atoms with van der Waals surface area (Å²) in [6.45, 7) is 2.19. The van der Waals surface area contributed by atoms with Crippen molar-refractivity contribution in [3.63, 3.8) is 0 Å².